The van der Waals surface area contributed by atoms with Gasteiger partial charge in [0.15, 0.2) is 15.8 Å². The predicted molar refractivity (Wildman–Crippen MR) is 116 cm³/mol. The van der Waals surface area contributed by atoms with Crippen molar-refractivity contribution in [2.75, 3.05) is 31.0 Å². The molecule has 0 aromatic heterocycles. The maximum atomic E-state index is 12.9. The number of halogens is 2. The summed E-state index contributed by atoms with van der Waals surface area (Å²) in [5, 5.41) is 0. The first kappa shape index (κ1) is 21.1. The van der Waals surface area contributed by atoms with Crippen LogP contribution in [-0.2, 0) is 4.79 Å². The van der Waals surface area contributed by atoms with Gasteiger partial charge in [-0.25, -0.2) is 0 Å². The molecule has 1 heterocycles. The van der Waals surface area contributed by atoms with Gasteiger partial charge in [0.05, 0.1) is 17.7 Å². The standard InChI is InChI=1S/C20H18F2N2O3S2/c1-23(2)13-5-7-14(8-6-13)24-18(25)17(29-20(24)28)11-12-4-9-15(27-19(21)22)16(10-12)26-3/h4-11,19H,1-3H3/b17-11-. The van der Waals surface area contributed by atoms with E-state index in [0.29, 0.717) is 20.5 Å². The summed E-state index contributed by atoms with van der Waals surface area (Å²) in [5.74, 6) is -0.175. The van der Waals surface area contributed by atoms with Gasteiger partial charge in [0.2, 0.25) is 0 Å². The van der Waals surface area contributed by atoms with Gasteiger partial charge in [-0.3, -0.25) is 9.69 Å². The number of hydrogen-bond donors (Lipinski definition) is 0. The molecule has 152 valence electrons. The van der Waals surface area contributed by atoms with Crippen LogP contribution in [0.1, 0.15) is 5.56 Å². The zero-order valence-electron chi connectivity index (χ0n) is 15.9. The smallest absolute Gasteiger partial charge is 0.387 e. The van der Waals surface area contributed by atoms with Crippen molar-refractivity contribution < 1.29 is 23.0 Å². The molecular formula is C20H18F2N2O3S2. The molecule has 2 aromatic carbocycles. The molecule has 3 rings (SSSR count). The summed E-state index contributed by atoms with van der Waals surface area (Å²) in [7, 11) is 5.22. The quantitative estimate of drug-likeness (QED) is 0.480. The van der Waals surface area contributed by atoms with Gasteiger partial charge in [-0.15, -0.1) is 0 Å². The Balaban J connectivity index is 1.86. The first-order valence-corrected chi connectivity index (χ1v) is 9.71. The topological polar surface area (TPSA) is 42.0 Å². The van der Waals surface area contributed by atoms with Crippen LogP contribution in [0.15, 0.2) is 47.4 Å². The number of thioether (sulfide) groups is 1. The number of carbonyl (C=O) groups excluding carboxylic acids is 1. The molecule has 0 unspecified atom stereocenters. The molecule has 0 N–H and O–H groups in total. The van der Waals surface area contributed by atoms with Gasteiger partial charge in [-0.1, -0.05) is 30.0 Å². The number of carbonyl (C=O) groups is 1. The summed E-state index contributed by atoms with van der Waals surface area (Å²) in [4.78, 5) is 16.7. The third kappa shape index (κ3) is 4.68. The maximum absolute atomic E-state index is 12.9. The maximum Gasteiger partial charge on any atom is 0.387 e. The van der Waals surface area contributed by atoms with E-state index in [-0.39, 0.29) is 17.4 Å². The highest BCUT2D eigenvalue weighted by Gasteiger charge is 2.33. The number of ether oxygens (including phenoxy) is 2. The van der Waals surface area contributed by atoms with Gasteiger partial charge >= 0.3 is 6.61 Å². The Morgan fingerprint density at radius 2 is 1.83 bits per heavy atom. The second-order valence-corrected chi connectivity index (χ2v) is 7.89. The van der Waals surface area contributed by atoms with Crippen molar-refractivity contribution in [3.05, 3.63) is 52.9 Å². The summed E-state index contributed by atoms with van der Waals surface area (Å²) >= 11 is 6.56. The lowest BCUT2D eigenvalue weighted by molar-refractivity contribution is -0.113. The zero-order chi connectivity index (χ0) is 21.1. The van der Waals surface area contributed by atoms with Crippen molar-refractivity contribution >= 4 is 51.7 Å². The number of thiocarbonyl (C=S) groups is 1. The van der Waals surface area contributed by atoms with E-state index in [0.717, 1.165) is 5.69 Å². The van der Waals surface area contributed by atoms with Crippen LogP contribution in [0.2, 0.25) is 0 Å². The van der Waals surface area contributed by atoms with Crippen LogP contribution in [-0.4, -0.2) is 38.0 Å². The predicted octanol–water partition coefficient (Wildman–Crippen LogP) is 4.77. The average Bonchev–Trinajstić information content (AvgIpc) is 2.95. The molecule has 0 atom stereocenters. The normalized spacial score (nSPS) is 15.4. The fraction of sp³-hybridized carbons (Fsp3) is 0.200. The highest BCUT2D eigenvalue weighted by molar-refractivity contribution is 8.27. The second kappa shape index (κ2) is 8.79. The SMILES string of the molecule is COc1cc(/C=C2\SC(=S)N(c3ccc(N(C)C)cc3)C2=O)ccc1OC(F)F. The highest BCUT2D eigenvalue weighted by atomic mass is 32.2. The molecule has 0 saturated carbocycles. The van der Waals surface area contributed by atoms with E-state index >= 15 is 0 Å². The fourth-order valence-electron chi connectivity index (χ4n) is 2.71. The molecule has 1 amide bonds. The Morgan fingerprint density at radius 3 is 2.41 bits per heavy atom. The third-order valence-electron chi connectivity index (χ3n) is 4.12. The van der Waals surface area contributed by atoms with Crippen molar-refractivity contribution in [3.8, 4) is 11.5 Å². The lowest BCUT2D eigenvalue weighted by atomic mass is 10.2. The van der Waals surface area contributed by atoms with E-state index in [9.17, 15) is 13.6 Å². The van der Waals surface area contributed by atoms with Crippen molar-refractivity contribution in [3.63, 3.8) is 0 Å². The molecule has 9 heteroatoms. The van der Waals surface area contributed by atoms with Crippen molar-refractivity contribution in [2.45, 2.75) is 6.61 Å². The summed E-state index contributed by atoms with van der Waals surface area (Å²) in [6.07, 6.45) is 1.64. The van der Waals surface area contributed by atoms with E-state index in [1.807, 2.05) is 43.3 Å². The average molecular weight is 437 g/mol. The molecule has 0 spiro atoms. The monoisotopic (exact) mass is 436 g/mol. The molecule has 2 aromatic rings. The van der Waals surface area contributed by atoms with Gasteiger partial charge in [0.25, 0.3) is 5.91 Å². The van der Waals surface area contributed by atoms with E-state index < -0.39 is 6.61 Å². The number of anilines is 2. The van der Waals surface area contributed by atoms with E-state index in [1.165, 1.54) is 35.9 Å². The van der Waals surface area contributed by atoms with Crippen LogP contribution in [0.4, 0.5) is 20.2 Å². The molecule has 1 fully saturated rings. The van der Waals surface area contributed by atoms with Crippen LogP contribution in [0, 0.1) is 0 Å². The molecule has 0 radical (unpaired) electrons. The second-order valence-electron chi connectivity index (χ2n) is 6.22. The molecule has 1 aliphatic rings. The summed E-state index contributed by atoms with van der Waals surface area (Å²) in [5.41, 5.74) is 2.29. The van der Waals surface area contributed by atoms with Crippen molar-refractivity contribution in [1.82, 2.24) is 0 Å². The lowest BCUT2D eigenvalue weighted by Gasteiger charge is -2.17. The van der Waals surface area contributed by atoms with Gasteiger partial charge in [0, 0.05) is 19.8 Å². The van der Waals surface area contributed by atoms with Crippen molar-refractivity contribution in [2.24, 2.45) is 0 Å². The Labute approximate surface area is 176 Å². The summed E-state index contributed by atoms with van der Waals surface area (Å²) in [6.45, 7) is -2.95. The van der Waals surface area contributed by atoms with Gasteiger partial charge < -0.3 is 14.4 Å². The first-order chi connectivity index (χ1) is 13.8. The molecule has 5 nitrogen and oxygen atoms in total. The van der Waals surface area contributed by atoms with Gasteiger partial charge in [-0.2, -0.15) is 8.78 Å². The molecule has 0 bridgehead atoms. The molecule has 29 heavy (non-hydrogen) atoms. The number of rotatable bonds is 6. The Bertz CT molecular complexity index is 963. The molecule has 1 saturated heterocycles. The Kier molecular flexibility index (Phi) is 6.39. The Morgan fingerprint density at radius 1 is 1.14 bits per heavy atom. The number of nitrogens with zero attached hydrogens (tertiary/aromatic N) is 2. The van der Waals surface area contributed by atoms with Crippen LogP contribution in [0.25, 0.3) is 6.08 Å². The number of methoxy groups -OCH3 is 1. The van der Waals surface area contributed by atoms with Crippen LogP contribution < -0.4 is 19.3 Å². The van der Waals surface area contributed by atoms with E-state index in [2.05, 4.69) is 4.74 Å². The molecule has 1 aliphatic heterocycles. The minimum Gasteiger partial charge on any atom is -0.493 e. The largest absolute Gasteiger partial charge is 0.493 e. The number of amides is 1. The number of hydrogen-bond acceptors (Lipinski definition) is 6. The molecular weight excluding hydrogens is 418 g/mol. The van der Waals surface area contributed by atoms with Crippen molar-refractivity contribution in [1.29, 1.82) is 0 Å². The molecule has 0 aliphatic carbocycles. The zero-order valence-corrected chi connectivity index (χ0v) is 17.5. The van der Waals surface area contributed by atoms with E-state index in [1.54, 1.807) is 12.1 Å². The first-order valence-electron chi connectivity index (χ1n) is 8.48. The van der Waals surface area contributed by atoms with Crippen LogP contribution >= 0.6 is 24.0 Å². The van der Waals surface area contributed by atoms with E-state index in [4.69, 9.17) is 17.0 Å². The Hall–Kier alpha value is -2.65. The number of alkyl halides is 2. The highest BCUT2D eigenvalue weighted by Crippen LogP contribution is 2.37. The minimum absolute atomic E-state index is 0.0758. The summed E-state index contributed by atoms with van der Waals surface area (Å²) in [6, 6.07) is 12.0. The fourth-order valence-corrected chi connectivity index (χ4v) is 4.01. The minimum atomic E-state index is -2.95. The third-order valence-corrected chi connectivity index (χ3v) is 5.42. The number of benzene rings is 2. The van der Waals surface area contributed by atoms with Crippen LogP contribution in [0.5, 0.6) is 11.5 Å². The van der Waals surface area contributed by atoms with Gasteiger partial charge in [-0.05, 0) is 48.0 Å². The van der Waals surface area contributed by atoms with Gasteiger partial charge in [0.1, 0.15) is 0 Å². The summed E-state index contributed by atoms with van der Waals surface area (Å²) < 4.78 is 34.9. The van der Waals surface area contributed by atoms with Crippen LogP contribution in [0.3, 0.4) is 0 Å². The lowest BCUT2D eigenvalue weighted by Crippen LogP contribution is -2.27.